The molecule has 0 unspecified atom stereocenters. The first-order valence-corrected chi connectivity index (χ1v) is 5.05. The lowest BCUT2D eigenvalue weighted by molar-refractivity contribution is 0.0962. The van der Waals surface area contributed by atoms with Gasteiger partial charge in [0.25, 0.3) is 5.91 Å². The highest BCUT2D eigenvalue weighted by Gasteiger charge is 2.14. The van der Waals surface area contributed by atoms with E-state index in [9.17, 15) is 4.79 Å². The molecule has 0 radical (unpaired) electrons. The van der Waals surface area contributed by atoms with Crippen LogP contribution in [0.15, 0.2) is 36.4 Å². The van der Waals surface area contributed by atoms with Gasteiger partial charge in [0.1, 0.15) is 5.75 Å². The second kappa shape index (κ2) is 4.23. The summed E-state index contributed by atoms with van der Waals surface area (Å²) in [6.45, 7) is 0. The molecule has 0 aliphatic rings. The van der Waals surface area contributed by atoms with Gasteiger partial charge >= 0.3 is 0 Å². The maximum Gasteiger partial charge on any atom is 0.255 e. The fourth-order valence-electron chi connectivity index (χ4n) is 1.78. The Kier molecular flexibility index (Phi) is 2.77. The Balaban J connectivity index is 2.78. The van der Waals surface area contributed by atoms with E-state index in [1.807, 2.05) is 36.4 Å². The minimum absolute atomic E-state index is 0.131. The van der Waals surface area contributed by atoms with Crippen molar-refractivity contribution in [2.24, 2.45) is 0 Å². The zero-order valence-electron chi connectivity index (χ0n) is 9.28. The number of benzene rings is 2. The number of amides is 1. The molecule has 1 N–H and O–H groups in total. The van der Waals surface area contributed by atoms with Crippen molar-refractivity contribution >= 4 is 16.7 Å². The maximum atomic E-state index is 11.8. The molecule has 2 rings (SSSR count). The monoisotopic (exact) mass is 215 g/mol. The molecule has 2 aromatic carbocycles. The molecule has 0 spiro atoms. The Hall–Kier alpha value is -2.03. The summed E-state index contributed by atoms with van der Waals surface area (Å²) >= 11 is 0. The number of rotatable bonds is 2. The van der Waals surface area contributed by atoms with Crippen LogP contribution in [0.5, 0.6) is 5.75 Å². The number of nitrogens with one attached hydrogen (secondary N) is 1. The quantitative estimate of drug-likeness (QED) is 0.834. The van der Waals surface area contributed by atoms with Gasteiger partial charge in [-0.15, -0.1) is 0 Å². The van der Waals surface area contributed by atoms with Gasteiger partial charge in [0, 0.05) is 7.05 Å². The summed E-state index contributed by atoms with van der Waals surface area (Å²) in [6, 6.07) is 11.5. The maximum absolute atomic E-state index is 11.8. The van der Waals surface area contributed by atoms with Crippen molar-refractivity contribution in [3.63, 3.8) is 0 Å². The molecule has 0 heterocycles. The van der Waals surface area contributed by atoms with Crippen LogP contribution >= 0.6 is 0 Å². The number of carbonyl (C=O) groups excluding carboxylic acids is 1. The summed E-state index contributed by atoms with van der Waals surface area (Å²) in [4.78, 5) is 11.8. The predicted octanol–water partition coefficient (Wildman–Crippen LogP) is 2.21. The summed E-state index contributed by atoms with van der Waals surface area (Å²) in [5, 5.41) is 4.56. The zero-order valence-corrected chi connectivity index (χ0v) is 9.28. The molecule has 0 aliphatic carbocycles. The largest absolute Gasteiger partial charge is 0.496 e. The molecular formula is C13H13NO2. The van der Waals surface area contributed by atoms with Crippen LogP contribution in [0.25, 0.3) is 10.8 Å². The Morgan fingerprint density at radius 3 is 2.62 bits per heavy atom. The minimum atomic E-state index is -0.131. The number of carbonyl (C=O) groups is 1. The third kappa shape index (κ3) is 1.60. The zero-order chi connectivity index (χ0) is 11.5. The van der Waals surface area contributed by atoms with Crippen LogP contribution in [-0.2, 0) is 0 Å². The van der Waals surface area contributed by atoms with Crippen molar-refractivity contribution < 1.29 is 9.53 Å². The van der Waals surface area contributed by atoms with E-state index in [0.29, 0.717) is 11.3 Å². The highest BCUT2D eigenvalue weighted by Crippen LogP contribution is 2.27. The fraction of sp³-hybridized carbons (Fsp3) is 0.154. The van der Waals surface area contributed by atoms with E-state index in [2.05, 4.69) is 5.32 Å². The van der Waals surface area contributed by atoms with Crippen molar-refractivity contribution in [3.05, 3.63) is 42.0 Å². The van der Waals surface area contributed by atoms with Gasteiger partial charge in [0.2, 0.25) is 0 Å². The highest BCUT2D eigenvalue weighted by atomic mass is 16.5. The van der Waals surface area contributed by atoms with Crippen LogP contribution < -0.4 is 10.1 Å². The molecule has 0 saturated carbocycles. The van der Waals surface area contributed by atoms with E-state index in [1.165, 1.54) is 0 Å². The average molecular weight is 215 g/mol. The van der Waals surface area contributed by atoms with E-state index in [1.54, 1.807) is 14.2 Å². The highest BCUT2D eigenvalue weighted by molar-refractivity contribution is 6.09. The lowest BCUT2D eigenvalue weighted by Gasteiger charge is -2.10. The third-order valence-electron chi connectivity index (χ3n) is 2.56. The summed E-state index contributed by atoms with van der Waals surface area (Å²) in [5.41, 5.74) is 0.586. The van der Waals surface area contributed by atoms with Gasteiger partial charge in [0.05, 0.1) is 12.7 Å². The molecule has 2 aromatic rings. The van der Waals surface area contributed by atoms with Crippen molar-refractivity contribution in [3.8, 4) is 5.75 Å². The van der Waals surface area contributed by atoms with Crippen LogP contribution in [0.4, 0.5) is 0 Å². The smallest absolute Gasteiger partial charge is 0.255 e. The fourth-order valence-corrected chi connectivity index (χ4v) is 1.78. The normalized spacial score (nSPS) is 10.1. The van der Waals surface area contributed by atoms with Crippen molar-refractivity contribution in [2.75, 3.05) is 14.2 Å². The average Bonchev–Trinajstić information content (AvgIpc) is 2.36. The minimum Gasteiger partial charge on any atom is -0.496 e. The summed E-state index contributed by atoms with van der Waals surface area (Å²) in [7, 11) is 3.18. The lowest BCUT2D eigenvalue weighted by atomic mass is 10.0. The van der Waals surface area contributed by atoms with Gasteiger partial charge in [-0.05, 0) is 16.8 Å². The molecular weight excluding hydrogens is 202 g/mol. The molecule has 0 bridgehead atoms. The Bertz CT molecular complexity index is 534. The molecule has 82 valence electrons. The van der Waals surface area contributed by atoms with Crippen molar-refractivity contribution in [1.29, 1.82) is 0 Å². The van der Waals surface area contributed by atoms with Crippen LogP contribution in [0.3, 0.4) is 0 Å². The van der Waals surface area contributed by atoms with Crippen molar-refractivity contribution in [2.45, 2.75) is 0 Å². The Morgan fingerprint density at radius 1 is 1.19 bits per heavy atom. The first-order chi connectivity index (χ1) is 7.77. The van der Waals surface area contributed by atoms with Crippen molar-refractivity contribution in [1.82, 2.24) is 5.32 Å². The van der Waals surface area contributed by atoms with E-state index in [4.69, 9.17) is 4.74 Å². The van der Waals surface area contributed by atoms with Crippen LogP contribution in [0.1, 0.15) is 10.4 Å². The second-order valence-electron chi connectivity index (χ2n) is 3.44. The molecule has 0 aromatic heterocycles. The Morgan fingerprint density at radius 2 is 1.94 bits per heavy atom. The molecule has 0 atom stereocenters. The number of fused-ring (bicyclic) bond motifs is 1. The van der Waals surface area contributed by atoms with E-state index in [0.717, 1.165) is 10.8 Å². The summed E-state index contributed by atoms with van der Waals surface area (Å²) in [6.07, 6.45) is 0. The van der Waals surface area contributed by atoms with E-state index in [-0.39, 0.29) is 5.91 Å². The Labute approximate surface area is 94.0 Å². The van der Waals surface area contributed by atoms with Gasteiger partial charge in [-0.1, -0.05) is 30.3 Å². The standard InChI is InChI=1S/C13H13NO2/c1-14-13(15)12-10-6-4-3-5-9(10)7-8-11(12)16-2/h3-8H,1-2H3,(H,14,15). The van der Waals surface area contributed by atoms with Crippen LogP contribution in [-0.4, -0.2) is 20.1 Å². The van der Waals surface area contributed by atoms with Gasteiger partial charge < -0.3 is 10.1 Å². The third-order valence-corrected chi connectivity index (χ3v) is 2.56. The number of hydrogen-bond acceptors (Lipinski definition) is 2. The van der Waals surface area contributed by atoms with Gasteiger partial charge in [-0.2, -0.15) is 0 Å². The summed E-state index contributed by atoms with van der Waals surface area (Å²) in [5.74, 6) is 0.465. The predicted molar refractivity (Wildman–Crippen MR) is 63.9 cm³/mol. The molecule has 0 fully saturated rings. The molecule has 0 aliphatic heterocycles. The summed E-state index contributed by atoms with van der Waals surface area (Å²) < 4.78 is 5.22. The lowest BCUT2D eigenvalue weighted by Crippen LogP contribution is -2.19. The number of ether oxygens (including phenoxy) is 1. The van der Waals surface area contributed by atoms with Crippen LogP contribution in [0.2, 0.25) is 0 Å². The number of methoxy groups -OCH3 is 1. The number of hydrogen-bond donors (Lipinski definition) is 1. The van der Waals surface area contributed by atoms with Gasteiger partial charge in [-0.3, -0.25) is 4.79 Å². The molecule has 3 nitrogen and oxygen atoms in total. The second-order valence-corrected chi connectivity index (χ2v) is 3.44. The first-order valence-electron chi connectivity index (χ1n) is 5.05. The van der Waals surface area contributed by atoms with Crippen LogP contribution in [0, 0.1) is 0 Å². The molecule has 0 saturated heterocycles. The van der Waals surface area contributed by atoms with E-state index < -0.39 is 0 Å². The van der Waals surface area contributed by atoms with Gasteiger partial charge in [0.15, 0.2) is 0 Å². The topological polar surface area (TPSA) is 38.3 Å². The SMILES string of the molecule is CNC(=O)c1c(OC)ccc2ccccc12. The molecule has 1 amide bonds. The molecule has 16 heavy (non-hydrogen) atoms. The first kappa shape index (κ1) is 10.5. The molecule has 3 heteroatoms. The van der Waals surface area contributed by atoms with Gasteiger partial charge in [-0.25, -0.2) is 0 Å². The van der Waals surface area contributed by atoms with E-state index >= 15 is 0 Å².